The largest absolute Gasteiger partial charge is 0.508 e. The number of phenols is 1. The van der Waals surface area contributed by atoms with Gasteiger partial charge in [-0.25, -0.2) is 0 Å². The summed E-state index contributed by atoms with van der Waals surface area (Å²) in [6.45, 7) is 0. The Kier molecular flexibility index (Phi) is 3.09. The molecule has 19 heavy (non-hydrogen) atoms. The second-order valence-electron chi connectivity index (χ2n) is 4.10. The van der Waals surface area contributed by atoms with Gasteiger partial charge >= 0.3 is 0 Å². The predicted octanol–water partition coefficient (Wildman–Crippen LogP) is 4.50. The minimum atomic E-state index is 0.245. The molecule has 0 spiro atoms. The van der Waals surface area contributed by atoms with E-state index in [2.05, 4.69) is 20.9 Å². The van der Waals surface area contributed by atoms with E-state index in [1.807, 2.05) is 24.3 Å². The van der Waals surface area contributed by atoms with E-state index in [1.54, 1.807) is 30.6 Å². The SMILES string of the molecule is Oc1ccc2ccc(Oc3ccncc3Br)cc2c1. The topological polar surface area (TPSA) is 42.4 Å². The van der Waals surface area contributed by atoms with Gasteiger partial charge in [0, 0.05) is 18.5 Å². The summed E-state index contributed by atoms with van der Waals surface area (Å²) in [5.74, 6) is 1.66. The van der Waals surface area contributed by atoms with Gasteiger partial charge in [-0.15, -0.1) is 0 Å². The highest BCUT2D eigenvalue weighted by Gasteiger charge is 2.03. The number of ether oxygens (including phenoxy) is 1. The molecule has 94 valence electrons. The van der Waals surface area contributed by atoms with Crippen LogP contribution in [0, 0.1) is 0 Å². The molecular weight excluding hydrogens is 306 g/mol. The molecule has 0 atom stereocenters. The number of halogens is 1. The van der Waals surface area contributed by atoms with Crippen LogP contribution in [-0.2, 0) is 0 Å². The fraction of sp³-hybridized carbons (Fsp3) is 0. The maximum atomic E-state index is 9.50. The third-order valence-corrected chi connectivity index (χ3v) is 3.35. The number of rotatable bonds is 2. The molecule has 1 N–H and O–H groups in total. The van der Waals surface area contributed by atoms with E-state index in [1.165, 1.54) is 0 Å². The van der Waals surface area contributed by atoms with Crippen molar-refractivity contribution in [3.63, 3.8) is 0 Å². The van der Waals surface area contributed by atoms with E-state index in [-0.39, 0.29) is 5.75 Å². The number of hydrogen-bond acceptors (Lipinski definition) is 3. The summed E-state index contributed by atoms with van der Waals surface area (Å²) in [5.41, 5.74) is 0. The Bertz CT molecular complexity index is 743. The summed E-state index contributed by atoms with van der Waals surface area (Å²) >= 11 is 3.39. The lowest BCUT2D eigenvalue weighted by Crippen LogP contribution is -1.86. The molecule has 1 heterocycles. The van der Waals surface area contributed by atoms with Crippen LogP contribution in [0.4, 0.5) is 0 Å². The zero-order chi connectivity index (χ0) is 13.2. The van der Waals surface area contributed by atoms with Crippen LogP contribution in [0.1, 0.15) is 0 Å². The minimum absolute atomic E-state index is 0.245. The molecule has 1 aromatic heterocycles. The third kappa shape index (κ3) is 2.53. The number of aromatic hydroxyl groups is 1. The molecule has 2 aromatic carbocycles. The van der Waals surface area contributed by atoms with Crippen LogP contribution >= 0.6 is 15.9 Å². The van der Waals surface area contributed by atoms with Gasteiger partial charge in [0.15, 0.2) is 0 Å². The molecule has 0 unspecified atom stereocenters. The molecule has 4 heteroatoms. The normalized spacial score (nSPS) is 10.6. The highest BCUT2D eigenvalue weighted by molar-refractivity contribution is 9.10. The number of pyridine rings is 1. The summed E-state index contributed by atoms with van der Waals surface area (Å²) < 4.78 is 6.59. The molecule has 0 saturated heterocycles. The Balaban J connectivity index is 2.00. The smallest absolute Gasteiger partial charge is 0.144 e. The van der Waals surface area contributed by atoms with Gasteiger partial charge in [0.2, 0.25) is 0 Å². The number of benzene rings is 2. The Morgan fingerprint density at radius 2 is 1.84 bits per heavy atom. The van der Waals surface area contributed by atoms with E-state index in [0.717, 1.165) is 15.2 Å². The maximum absolute atomic E-state index is 9.50. The fourth-order valence-electron chi connectivity index (χ4n) is 1.85. The zero-order valence-corrected chi connectivity index (χ0v) is 11.5. The van der Waals surface area contributed by atoms with Crippen molar-refractivity contribution < 1.29 is 9.84 Å². The van der Waals surface area contributed by atoms with Gasteiger partial charge in [-0.2, -0.15) is 0 Å². The van der Waals surface area contributed by atoms with Crippen LogP contribution in [-0.4, -0.2) is 10.1 Å². The standard InChI is InChI=1S/C15H10BrNO2/c16-14-9-17-6-5-15(14)19-13-4-2-10-1-3-12(18)7-11(10)8-13/h1-9,18H. The van der Waals surface area contributed by atoms with Gasteiger partial charge in [0.1, 0.15) is 17.2 Å². The summed E-state index contributed by atoms with van der Waals surface area (Å²) in [4.78, 5) is 3.99. The van der Waals surface area contributed by atoms with Gasteiger partial charge in [-0.05, 0) is 51.0 Å². The Labute approximate surface area is 118 Å². The van der Waals surface area contributed by atoms with Crippen molar-refractivity contribution in [3.05, 3.63) is 59.3 Å². The summed E-state index contributed by atoms with van der Waals surface area (Å²) in [7, 11) is 0. The van der Waals surface area contributed by atoms with Crippen molar-refractivity contribution in [3.8, 4) is 17.2 Å². The van der Waals surface area contributed by atoms with Gasteiger partial charge in [0.05, 0.1) is 4.47 Å². The average Bonchev–Trinajstić information content (AvgIpc) is 2.41. The molecule has 0 radical (unpaired) electrons. The van der Waals surface area contributed by atoms with Crippen molar-refractivity contribution in [1.29, 1.82) is 0 Å². The molecule has 0 fully saturated rings. The van der Waals surface area contributed by atoms with E-state index >= 15 is 0 Å². The quantitative estimate of drug-likeness (QED) is 0.757. The third-order valence-electron chi connectivity index (χ3n) is 2.76. The maximum Gasteiger partial charge on any atom is 0.144 e. The molecule has 0 amide bonds. The minimum Gasteiger partial charge on any atom is -0.508 e. The highest BCUT2D eigenvalue weighted by atomic mass is 79.9. The first-order valence-corrected chi connectivity index (χ1v) is 6.52. The number of nitrogens with zero attached hydrogens (tertiary/aromatic N) is 1. The van der Waals surface area contributed by atoms with Crippen LogP contribution in [0.15, 0.2) is 59.3 Å². The molecule has 0 bridgehead atoms. The van der Waals surface area contributed by atoms with Crippen molar-refractivity contribution in [2.75, 3.05) is 0 Å². The second-order valence-corrected chi connectivity index (χ2v) is 4.96. The van der Waals surface area contributed by atoms with Crippen LogP contribution < -0.4 is 4.74 Å². The van der Waals surface area contributed by atoms with Crippen molar-refractivity contribution in [2.24, 2.45) is 0 Å². The molecule has 3 rings (SSSR count). The molecule has 3 nitrogen and oxygen atoms in total. The number of aromatic nitrogens is 1. The monoisotopic (exact) mass is 315 g/mol. The first-order valence-electron chi connectivity index (χ1n) is 5.72. The number of hydrogen-bond donors (Lipinski definition) is 1. The van der Waals surface area contributed by atoms with Crippen molar-refractivity contribution >= 4 is 26.7 Å². The van der Waals surface area contributed by atoms with Gasteiger partial charge in [-0.3, -0.25) is 4.98 Å². The highest BCUT2D eigenvalue weighted by Crippen LogP contribution is 2.31. The van der Waals surface area contributed by atoms with E-state index in [0.29, 0.717) is 11.5 Å². The lowest BCUT2D eigenvalue weighted by molar-refractivity contribution is 0.475. The van der Waals surface area contributed by atoms with Crippen molar-refractivity contribution in [1.82, 2.24) is 4.98 Å². The van der Waals surface area contributed by atoms with Crippen LogP contribution in [0.25, 0.3) is 10.8 Å². The predicted molar refractivity (Wildman–Crippen MR) is 77.6 cm³/mol. The van der Waals surface area contributed by atoms with Crippen molar-refractivity contribution in [2.45, 2.75) is 0 Å². The zero-order valence-electron chi connectivity index (χ0n) is 9.88. The summed E-state index contributed by atoms with van der Waals surface area (Å²) in [6, 6.07) is 12.8. The first kappa shape index (κ1) is 12.0. The first-order chi connectivity index (χ1) is 9.22. The van der Waals surface area contributed by atoms with E-state index in [4.69, 9.17) is 4.74 Å². The number of phenolic OH excluding ortho intramolecular Hbond substituents is 1. The molecule has 0 aliphatic carbocycles. The lowest BCUT2D eigenvalue weighted by Gasteiger charge is -2.08. The Morgan fingerprint density at radius 3 is 2.68 bits per heavy atom. The van der Waals surface area contributed by atoms with E-state index in [9.17, 15) is 5.11 Å². The van der Waals surface area contributed by atoms with Crippen LogP contribution in [0.5, 0.6) is 17.2 Å². The Hall–Kier alpha value is -2.07. The molecule has 0 aliphatic rings. The van der Waals surface area contributed by atoms with Gasteiger partial charge < -0.3 is 9.84 Å². The van der Waals surface area contributed by atoms with Crippen LogP contribution in [0.2, 0.25) is 0 Å². The summed E-state index contributed by atoms with van der Waals surface area (Å²) in [5, 5.41) is 11.5. The second kappa shape index (κ2) is 4.90. The molecule has 0 saturated carbocycles. The van der Waals surface area contributed by atoms with E-state index < -0.39 is 0 Å². The number of fused-ring (bicyclic) bond motifs is 1. The fourth-order valence-corrected chi connectivity index (χ4v) is 2.18. The summed E-state index contributed by atoms with van der Waals surface area (Å²) in [6.07, 6.45) is 3.36. The lowest BCUT2D eigenvalue weighted by atomic mass is 10.1. The van der Waals surface area contributed by atoms with Gasteiger partial charge in [-0.1, -0.05) is 12.1 Å². The van der Waals surface area contributed by atoms with Crippen LogP contribution in [0.3, 0.4) is 0 Å². The van der Waals surface area contributed by atoms with Gasteiger partial charge in [0.25, 0.3) is 0 Å². The molecule has 0 aliphatic heterocycles. The Morgan fingerprint density at radius 1 is 1.00 bits per heavy atom. The average molecular weight is 316 g/mol. The molecule has 3 aromatic rings. The molecular formula is C15H10BrNO2.